The van der Waals surface area contributed by atoms with E-state index in [2.05, 4.69) is 0 Å². The van der Waals surface area contributed by atoms with Crippen molar-refractivity contribution in [1.29, 1.82) is 0 Å². The Balaban J connectivity index is 2.45. The highest BCUT2D eigenvalue weighted by atomic mass is 14.7. The van der Waals surface area contributed by atoms with Gasteiger partial charge in [-0.15, -0.1) is 0 Å². The van der Waals surface area contributed by atoms with E-state index < -0.39 is 0 Å². The van der Waals surface area contributed by atoms with E-state index in [-0.39, 0.29) is 0 Å². The average Bonchev–Trinajstić information content (AvgIpc) is 2.36. The molecule has 0 unspecified atom stereocenters. The Hall–Kier alpha value is -0.0800. The minimum Gasteiger partial charge on any atom is -0.330 e. The van der Waals surface area contributed by atoms with Gasteiger partial charge >= 0.3 is 0 Å². The Morgan fingerprint density at radius 3 is 1.67 bits per heavy atom. The molecule has 1 fully saturated rings. The molecule has 1 aliphatic carbocycles. The lowest BCUT2D eigenvalue weighted by Gasteiger charge is -2.24. The maximum atomic E-state index is 5.60. The maximum absolute atomic E-state index is 5.60. The van der Waals surface area contributed by atoms with Gasteiger partial charge in [-0.25, -0.2) is 0 Å². The number of hydrogen-bond acceptors (Lipinski definition) is 2. The van der Waals surface area contributed by atoms with Gasteiger partial charge in [0.15, 0.2) is 0 Å². The quantitative estimate of drug-likeness (QED) is 0.567. The fraction of sp³-hybridized carbons (Fsp3) is 1.00. The van der Waals surface area contributed by atoms with Crippen LogP contribution in [0.15, 0.2) is 0 Å². The van der Waals surface area contributed by atoms with Crippen LogP contribution in [0.4, 0.5) is 0 Å². The smallest absolute Gasteiger partial charge is 0.000844 e. The van der Waals surface area contributed by atoms with Gasteiger partial charge < -0.3 is 11.5 Å². The fourth-order valence-electron chi connectivity index (χ4n) is 1.62. The van der Waals surface area contributed by atoms with Crippen molar-refractivity contribution in [2.75, 3.05) is 13.1 Å². The molecule has 9 heavy (non-hydrogen) atoms. The van der Waals surface area contributed by atoms with E-state index in [1.807, 2.05) is 0 Å². The predicted octanol–water partition coefficient (Wildman–Crippen LogP) is 0.464. The molecule has 2 heteroatoms. The standard InChI is InChI=1S/C7H16N2/c8-5-7(6-9)3-1-2-4-7/h1-6,8-9H2. The van der Waals surface area contributed by atoms with Crippen LogP contribution in [0.2, 0.25) is 0 Å². The molecule has 0 amide bonds. The first kappa shape index (κ1) is 7.03. The molecule has 0 aromatic carbocycles. The first-order chi connectivity index (χ1) is 4.33. The lowest BCUT2D eigenvalue weighted by atomic mass is 9.87. The molecule has 0 aliphatic heterocycles. The lowest BCUT2D eigenvalue weighted by Crippen LogP contribution is -2.35. The monoisotopic (exact) mass is 128 g/mol. The molecule has 0 bridgehead atoms. The second kappa shape index (κ2) is 2.67. The summed E-state index contributed by atoms with van der Waals surface area (Å²) in [5.74, 6) is 0. The summed E-state index contributed by atoms with van der Waals surface area (Å²) in [6.07, 6.45) is 5.16. The van der Waals surface area contributed by atoms with Gasteiger partial charge in [0.25, 0.3) is 0 Å². The zero-order valence-corrected chi connectivity index (χ0v) is 5.90. The van der Waals surface area contributed by atoms with Crippen molar-refractivity contribution in [3.63, 3.8) is 0 Å². The Labute approximate surface area is 56.6 Å². The van der Waals surface area contributed by atoms with Gasteiger partial charge in [0.2, 0.25) is 0 Å². The second-order valence-corrected chi connectivity index (χ2v) is 3.12. The van der Waals surface area contributed by atoms with Gasteiger partial charge in [-0.3, -0.25) is 0 Å². The van der Waals surface area contributed by atoms with Crippen LogP contribution in [0.3, 0.4) is 0 Å². The Kier molecular flexibility index (Phi) is 2.09. The summed E-state index contributed by atoms with van der Waals surface area (Å²) in [6.45, 7) is 1.56. The van der Waals surface area contributed by atoms with Gasteiger partial charge in [-0.05, 0) is 31.3 Å². The molecule has 4 N–H and O–H groups in total. The van der Waals surface area contributed by atoms with Gasteiger partial charge in [-0.2, -0.15) is 0 Å². The molecule has 1 rings (SSSR count). The summed E-state index contributed by atoms with van der Waals surface area (Å²) in [5, 5.41) is 0. The summed E-state index contributed by atoms with van der Waals surface area (Å²) >= 11 is 0. The van der Waals surface area contributed by atoms with Crippen molar-refractivity contribution in [2.45, 2.75) is 25.7 Å². The minimum atomic E-state index is 0.333. The third kappa shape index (κ3) is 1.25. The zero-order chi connectivity index (χ0) is 6.74. The van der Waals surface area contributed by atoms with Crippen molar-refractivity contribution in [3.8, 4) is 0 Å². The van der Waals surface area contributed by atoms with Crippen LogP contribution in [-0.4, -0.2) is 13.1 Å². The van der Waals surface area contributed by atoms with Gasteiger partial charge in [-0.1, -0.05) is 12.8 Å². The molecular weight excluding hydrogens is 112 g/mol. The molecule has 1 aliphatic rings. The maximum Gasteiger partial charge on any atom is -0.000844 e. The van der Waals surface area contributed by atoms with E-state index in [0.717, 1.165) is 13.1 Å². The molecule has 1 saturated carbocycles. The largest absolute Gasteiger partial charge is 0.330 e. The van der Waals surface area contributed by atoms with E-state index in [9.17, 15) is 0 Å². The number of rotatable bonds is 2. The van der Waals surface area contributed by atoms with Crippen molar-refractivity contribution >= 4 is 0 Å². The second-order valence-electron chi connectivity index (χ2n) is 3.12. The molecule has 0 saturated heterocycles. The highest BCUT2D eigenvalue weighted by Gasteiger charge is 2.30. The Morgan fingerprint density at radius 1 is 1.00 bits per heavy atom. The molecule has 0 heterocycles. The molecular formula is C7H16N2. The summed E-state index contributed by atoms with van der Waals surface area (Å²) in [6, 6.07) is 0. The third-order valence-electron chi connectivity index (χ3n) is 2.53. The van der Waals surface area contributed by atoms with Crippen LogP contribution in [0, 0.1) is 5.41 Å². The predicted molar refractivity (Wildman–Crippen MR) is 39.0 cm³/mol. The summed E-state index contributed by atoms with van der Waals surface area (Å²) in [4.78, 5) is 0. The van der Waals surface area contributed by atoms with Crippen LogP contribution in [0.1, 0.15) is 25.7 Å². The van der Waals surface area contributed by atoms with Gasteiger partial charge in [0.05, 0.1) is 0 Å². The molecule has 2 nitrogen and oxygen atoms in total. The Bertz CT molecular complexity index is 78.9. The van der Waals surface area contributed by atoms with Crippen molar-refractivity contribution in [2.24, 2.45) is 16.9 Å². The lowest BCUT2D eigenvalue weighted by molar-refractivity contribution is 0.321. The first-order valence-corrected chi connectivity index (χ1v) is 3.73. The van der Waals surface area contributed by atoms with Crippen LogP contribution in [-0.2, 0) is 0 Å². The van der Waals surface area contributed by atoms with Crippen LogP contribution in [0.5, 0.6) is 0 Å². The highest BCUT2D eigenvalue weighted by molar-refractivity contribution is 4.85. The zero-order valence-electron chi connectivity index (χ0n) is 5.90. The molecule has 0 spiro atoms. The van der Waals surface area contributed by atoms with Gasteiger partial charge in [0.1, 0.15) is 0 Å². The SMILES string of the molecule is NCC1(CN)CCCC1. The number of hydrogen-bond donors (Lipinski definition) is 2. The van der Waals surface area contributed by atoms with E-state index >= 15 is 0 Å². The molecule has 0 radical (unpaired) electrons. The van der Waals surface area contributed by atoms with Crippen molar-refractivity contribution in [1.82, 2.24) is 0 Å². The topological polar surface area (TPSA) is 52.0 Å². The van der Waals surface area contributed by atoms with Crippen molar-refractivity contribution < 1.29 is 0 Å². The van der Waals surface area contributed by atoms with E-state index in [4.69, 9.17) is 11.5 Å². The van der Waals surface area contributed by atoms with E-state index in [0.29, 0.717) is 5.41 Å². The van der Waals surface area contributed by atoms with E-state index in [1.54, 1.807) is 0 Å². The molecule has 0 aromatic heterocycles. The molecule has 54 valence electrons. The third-order valence-corrected chi connectivity index (χ3v) is 2.53. The fourth-order valence-corrected chi connectivity index (χ4v) is 1.62. The number of nitrogens with two attached hydrogens (primary N) is 2. The van der Waals surface area contributed by atoms with Crippen LogP contribution in [0.25, 0.3) is 0 Å². The normalized spacial score (nSPS) is 24.7. The van der Waals surface area contributed by atoms with Crippen LogP contribution < -0.4 is 11.5 Å². The first-order valence-electron chi connectivity index (χ1n) is 3.73. The summed E-state index contributed by atoms with van der Waals surface area (Å²) in [5.41, 5.74) is 11.5. The summed E-state index contributed by atoms with van der Waals surface area (Å²) in [7, 11) is 0. The molecule has 0 atom stereocenters. The molecule has 0 aromatic rings. The van der Waals surface area contributed by atoms with Crippen molar-refractivity contribution in [3.05, 3.63) is 0 Å². The highest BCUT2D eigenvalue weighted by Crippen LogP contribution is 2.35. The van der Waals surface area contributed by atoms with E-state index in [1.165, 1.54) is 25.7 Å². The summed E-state index contributed by atoms with van der Waals surface area (Å²) < 4.78 is 0. The van der Waals surface area contributed by atoms with Gasteiger partial charge in [0, 0.05) is 0 Å². The Morgan fingerprint density at radius 2 is 1.44 bits per heavy atom. The average molecular weight is 128 g/mol. The minimum absolute atomic E-state index is 0.333. The van der Waals surface area contributed by atoms with Crippen LogP contribution >= 0.6 is 0 Å².